The van der Waals surface area contributed by atoms with Gasteiger partial charge < -0.3 is 0 Å². The molecule has 0 spiro atoms. The topological polar surface area (TPSA) is 0 Å². The van der Waals surface area contributed by atoms with Crippen molar-refractivity contribution in [2.45, 2.75) is 13.3 Å². The van der Waals surface area contributed by atoms with Crippen molar-refractivity contribution in [2.24, 2.45) is 0 Å². The van der Waals surface area contributed by atoms with E-state index >= 15 is 0 Å². The molecule has 0 aliphatic heterocycles. The van der Waals surface area contributed by atoms with Gasteiger partial charge in [-0.3, -0.25) is 0 Å². The molecular formula is C8H7BrS. The maximum atomic E-state index is 3.47. The van der Waals surface area contributed by atoms with Crippen LogP contribution in [0.3, 0.4) is 0 Å². The largest absolute Gasteiger partial charge is 0.132 e. The first-order valence-corrected chi connectivity index (χ1v) is 4.82. The Balaban J connectivity index is 2.53. The number of hydrogen-bond acceptors (Lipinski definition) is 1. The number of fused-ring (bicyclic) bond motifs is 1. The van der Waals surface area contributed by atoms with Crippen LogP contribution in [0, 0.1) is 0 Å². The van der Waals surface area contributed by atoms with Gasteiger partial charge in [0.05, 0.1) is 3.79 Å². The quantitative estimate of drug-likeness (QED) is 0.621. The fourth-order valence-corrected chi connectivity index (χ4v) is 3.03. The molecule has 1 aliphatic rings. The van der Waals surface area contributed by atoms with Crippen LogP contribution in [0.25, 0.3) is 6.08 Å². The molecule has 1 heterocycles. The van der Waals surface area contributed by atoms with Gasteiger partial charge in [-0.15, -0.1) is 11.3 Å². The van der Waals surface area contributed by atoms with Gasteiger partial charge >= 0.3 is 0 Å². The molecule has 0 aromatic carbocycles. The van der Waals surface area contributed by atoms with Crippen molar-refractivity contribution in [3.63, 3.8) is 0 Å². The van der Waals surface area contributed by atoms with Gasteiger partial charge in [0.1, 0.15) is 0 Å². The van der Waals surface area contributed by atoms with E-state index in [1.807, 2.05) is 11.3 Å². The highest BCUT2D eigenvalue weighted by Gasteiger charge is 2.11. The van der Waals surface area contributed by atoms with E-state index < -0.39 is 0 Å². The van der Waals surface area contributed by atoms with Crippen LogP contribution in [-0.2, 0) is 6.42 Å². The second-order valence-corrected chi connectivity index (χ2v) is 5.11. The summed E-state index contributed by atoms with van der Waals surface area (Å²) in [6, 6.07) is 2.19. The Labute approximate surface area is 72.7 Å². The molecule has 2 rings (SSSR count). The summed E-state index contributed by atoms with van der Waals surface area (Å²) in [7, 11) is 0. The second kappa shape index (κ2) is 2.21. The summed E-state index contributed by atoms with van der Waals surface area (Å²) < 4.78 is 1.25. The molecule has 0 bridgehead atoms. The molecule has 2 heteroatoms. The van der Waals surface area contributed by atoms with E-state index in [0.29, 0.717) is 0 Å². The molecule has 0 N–H and O–H groups in total. The van der Waals surface area contributed by atoms with E-state index in [9.17, 15) is 0 Å². The summed E-state index contributed by atoms with van der Waals surface area (Å²) in [5, 5.41) is 0. The molecule has 1 aromatic rings. The van der Waals surface area contributed by atoms with Crippen molar-refractivity contribution in [1.82, 2.24) is 0 Å². The lowest BCUT2D eigenvalue weighted by Crippen LogP contribution is -1.71. The lowest BCUT2D eigenvalue weighted by molar-refractivity contribution is 1.24. The van der Waals surface area contributed by atoms with Gasteiger partial charge in [0, 0.05) is 11.3 Å². The average molecular weight is 215 g/mol. The van der Waals surface area contributed by atoms with Gasteiger partial charge in [0.15, 0.2) is 0 Å². The van der Waals surface area contributed by atoms with E-state index in [4.69, 9.17) is 0 Å². The standard InChI is InChI=1S/C8H7BrS/c1-5-2-6-4-8(9)10-7(6)3-5/h2,4H,3H2,1H3. The number of halogens is 1. The molecule has 0 atom stereocenters. The minimum atomic E-state index is 1.16. The van der Waals surface area contributed by atoms with E-state index in [1.165, 1.54) is 19.8 Å². The Morgan fingerprint density at radius 3 is 3.10 bits per heavy atom. The zero-order valence-electron chi connectivity index (χ0n) is 5.65. The van der Waals surface area contributed by atoms with Crippen LogP contribution in [0.1, 0.15) is 17.4 Å². The number of allylic oxidation sites excluding steroid dienone is 1. The first-order chi connectivity index (χ1) is 4.75. The number of rotatable bonds is 0. The SMILES string of the molecule is CC1=Cc2cc(Br)sc2C1. The third kappa shape index (κ3) is 0.956. The van der Waals surface area contributed by atoms with Crippen LogP contribution in [0.15, 0.2) is 15.4 Å². The monoisotopic (exact) mass is 214 g/mol. The number of thiophene rings is 1. The Hall–Kier alpha value is -0.0800. The van der Waals surface area contributed by atoms with Gasteiger partial charge in [-0.05, 0) is 34.5 Å². The van der Waals surface area contributed by atoms with Crippen LogP contribution < -0.4 is 0 Å². The lowest BCUT2D eigenvalue weighted by atomic mass is 10.3. The van der Waals surface area contributed by atoms with Crippen LogP contribution >= 0.6 is 27.3 Å². The Kier molecular flexibility index (Phi) is 1.46. The predicted molar refractivity (Wildman–Crippen MR) is 49.4 cm³/mol. The molecule has 0 unspecified atom stereocenters. The van der Waals surface area contributed by atoms with E-state index in [-0.39, 0.29) is 0 Å². The molecule has 0 radical (unpaired) electrons. The molecular weight excluding hydrogens is 208 g/mol. The van der Waals surface area contributed by atoms with Gasteiger partial charge in [0.2, 0.25) is 0 Å². The van der Waals surface area contributed by atoms with Crippen LogP contribution in [0.5, 0.6) is 0 Å². The minimum absolute atomic E-state index is 1.16. The highest BCUT2D eigenvalue weighted by molar-refractivity contribution is 9.11. The Bertz CT molecular complexity index is 296. The molecule has 0 saturated carbocycles. The fourth-order valence-electron chi connectivity index (χ4n) is 1.24. The predicted octanol–water partition coefficient (Wildman–Crippen LogP) is 3.47. The highest BCUT2D eigenvalue weighted by Crippen LogP contribution is 2.34. The summed E-state index contributed by atoms with van der Waals surface area (Å²) >= 11 is 5.31. The summed E-state index contributed by atoms with van der Waals surface area (Å²) in [6.45, 7) is 2.18. The third-order valence-electron chi connectivity index (χ3n) is 1.65. The van der Waals surface area contributed by atoms with Crippen molar-refractivity contribution in [1.29, 1.82) is 0 Å². The summed E-state index contributed by atoms with van der Waals surface area (Å²) in [5.74, 6) is 0. The van der Waals surface area contributed by atoms with Crippen molar-refractivity contribution in [3.8, 4) is 0 Å². The minimum Gasteiger partial charge on any atom is -0.132 e. The summed E-state index contributed by atoms with van der Waals surface area (Å²) in [6.07, 6.45) is 3.42. The van der Waals surface area contributed by atoms with Crippen molar-refractivity contribution < 1.29 is 0 Å². The maximum absolute atomic E-state index is 3.47. The molecule has 10 heavy (non-hydrogen) atoms. The first kappa shape index (κ1) is 6.62. The van der Waals surface area contributed by atoms with Crippen molar-refractivity contribution >= 4 is 33.3 Å². The molecule has 0 amide bonds. The molecule has 1 aliphatic carbocycles. The average Bonchev–Trinajstić information content (AvgIpc) is 2.21. The van der Waals surface area contributed by atoms with Gasteiger partial charge in [-0.1, -0.05) is 11.6 Å². The molecule has 0 saturated heterocycles. The smallest absolute Gasteiger partial charge is 0.0707 e. The van der Waals surface area contributed by atoms with E-state index in [2.05, 4.69) is 35.0 Å². The second-order valence-electron chi connectivity index (χ2n) is 2.60. The van der Waals surface area contributed by atoms with Crippen LogP contribution in [0.2, 0.25) is 0 Å². The normalized spacial score (nSPS) is 15.2. The Morgan fingerprint density at radius 2 is 2.40 bits per heavy atom. The Morgan fingerprint density at radius 1 is 1.60 bits per heavy atom. The van der Waals surface area contributed by atoms with Crippen molar-refractivity contribution in [2.75, 3.05) is 0 Å². The lowest BCUT2D eigenvalue weighted by Gasteiger charge is -1.85. The molecule has 0 fully saturated rings. The number of hydrogen-bond donors (Lipinski definition) is 0. The van der Waals surface area contributed by atoms with Gasteiger partial charge in [-0.25, -0.2) is 0 Å². The molecule has 52 valence electrons. The zero-order chi connectivity index (χ0) is 7.14. The molecule has 0 nitrogen and oxygen atoms in total. The fraction of sp³-hybridized carbons (Fsp3) is 0.250. The summed E-state index contributed by atoms with van der Waals surface area (Å²) in [5.41, 5.74) is 2.89. The van der Waals surface area contributed by atoms with Gasteiger partial charge in [0.25, 0.3) is 0 Å². The van der Waals surface area contributed by atoms with Crippen molar-refractivity contribution in [3.05, 3.63) is 25.9 Å². The molecule has 1 aromatic heterocycles. The zero-order valence-corrected chi connectivity index (χ0v) is 8.05. The van der Waals surface area contributed by atoms with E-state index in [0.717, 1.165) is 6.42 Å². The third-order valence-corrected chi connectivity index (χ3v) is 3.31. The van der Waals surface area contributed by atoms with E-state index in [1.54, 1.807) is 0 Å². The van der Waals surface area contributed by atoms with Gasteiger partial charge in [-0.2, -0.15) is 0 Å². The maximum Gasteiger partial charge on any atom is 0.0707 e. The van der Waals surface area contributed by atoms with Crippen LogP contribution in [-0.4, -0.2) is 0 Å². The first-order valence-electron chi connectivity index (χ1n) is 3.21. The highest BCUT2D eigenvalue weighted by atomic mass is 79.9. The van der Waals surface area contributed by atoms with Crippen LogP contribution in [0.4, 0.5) is 0 Å². The summed E-state index contributed by atoms with van der Waals surface area (Å²) in [4.78, 5) is 1.50.